The minimum Gasteiger partial charge on any atom is -0.460 e. The van der Waals surface area contributed by atoms with E-state index >= 15 is 0 Å². The third-order valence-corrected chi connectivity index (χ3v) is 19.7. The van der Waals surface area contributed by atoms with E-state index in [9.17, 15) is 96.4 Å². The number of hydrogen-bond donors (Lipinski definition) is 17. The maximum absolute atomic E-state index is 13.2. The van der Waals surface area contributed by atoms with Crippen LogP contribution in [0.2, 0.25) is 0 Å². The van der Waals surface area contributed by atoms with E-state index in [2.05, 4.69) is 0 Å². The Morgan fingerprint density at radius 3 is 1.54 bits per heavy atom. The SMILES string of the molecule is COC1CC(C2OC3CC(O)CC(O[C@@H]4O[C@H](CO)[C@@H](O)[C@H](O)[C@H]4O)C3CC2O[C@@H]2O[C@H](CO[C@@H]3O[C@@H](C)[C@H](OC(=O)C=CC4CCC(O[C@@H]5O[C@H](COC(=O)C=CC6CCC(O)C(O)C6)[C@@H](O)[C@H](O)[C@H]5O)C(O)C4)[C@@H](O)[C@H]3O)[C@@H](O)[C@H](O)[C@H]2O)CC(OC)C1O. The summed E-state index contributed by atoms with van der Waals surface area (Å²) in [6.45, 7) is -0.481. The van der Waals surface area contributed by atoms with Gasteiger partial charge in [0.1, 0.15) is 98.2 Å². The Balaban J connectivity index is 0.770. The van der Waals surface area contributed by atoms with E-state index in [4.69, 9.17) is 61.6 Å². The fourth-order valence-corrected chi connectivity index (χ4v) is 14.2. The number of aliphatic hydroxyl groups is 17. The van der Waals surface area contributed by atoms with Crippen LogP contribution in [0.4, 0.5) is 0 Å². The second kappa shape index (κ2) is 32.1. The molecule has 34 atom stereocenters. The highest BCUT2D eigenvalue weighted by Gasteiger charge is 2.56. The van der Waals surface area contributed by atoms with E-state index in [0.717, 1.165) is 12.2 Å². The van der Waals surface area contributed by atoms with Crippen molar-refractivity contribution in [3.8, 4) is 0 Å². The zero-order valence-corrected chi connectivity index (χ0v) is 50.7. The van der Waals surface area contributed by atoms with Crippen LogP contribution in [0.1, 0.15) is 77.6 Å². The van der Waals surface area contributed by atoms with Crippen molar-refractivity contribution in [3.05, 3.63) is 24.3 Å². The Kier molecular flexibility index (Phi) is 25.6. The van der Waals surface area contributed by atoms with Gasteiger partial charge in [0.25, 0.3) is 0 Å². The van der Waals surface area contributed by atoms with Crippen LogP contribution in [0.25, 0.3) is 0 Å². The highest BCUT2D eigenvalue weighted by Crippen LogP contribution is 2.46. The molecule has 0 aromatic heterocycles. The number of hydrogen-bond acceptors (Lipinski definition) is 32. The van der Waals surface area contributed by atoms with Crippen molar-refractivity contribution in [1.82, 2.24) is 0 Å². The van der Waals surface area contributed by atoms with Crippen LogP contribution in [0, 0.1) is 23.7 Å². The molecule has 9 fully saturated rings. The first-order valence-corrected chi connectivity index (χ1v) is 31.4. The van der Waals surface area contributed by atoms with Gasteiger partial charge >= 0.3 is 11.9 Å². The van der Waals surface area contributed by atoms with Crippen molar-refractivity contribution in [2.75, 3.05) is 34.0 Å². The number of carbonyl (C=O) groups is 2. The van der Waals surface area contributed by atoms with Gasteiger partial charge < -0.3 is 148 Å². The maximum Gasteiger partial charge on any atom is 0.330 e. The molecule has 5 heterocycles. The molecule has 5 aliphatic heterocycles. The van der Waals surface area contributed by atoms with E-state index in [1.807, 2.05) is 0 Å². The van der Waals surface area contributed by atoms with E-state index in [1.54, 1.807) is 6.08 Å². The van der Waals surface area contributed by atoms with E-state index < -0.39 is 246 Å². The lowest BCUT2D eigenvalue weighted by Crippen LogP contribution is -2.64. The fourth-order valence-electron chi connectivity index (χ4n) is 14.2. The summed E-state index contributed by atoms with van der Waals surface area (Å²) < 4.78 is 76.6. The predicted molar refractivity (Wildman–Crippen MR) is 298 cm³/mol. The molecule has 0 amide bonds. The summed E-state index contributed by atoms with van der Waals surface area (Å²) in [5.74, 6) is -3.47. The average Bonchev–Trinajstić information content (AvgIpc) is 0.986. The number of allylic oxidation sites excluding steroid dienone is 2. The lowest BCUT2D eigenvalue weighted by atomic mass is 9.72. The van der Waals surface area contributed by atoms with Gasteiger partial charge in [0.05, 0.1) is 86.5 Å². The zero-order chi connectivity index (χ0) is 65.9. The molecule has 0 aromatic rings. The number of rotatable bonds is 20. The van der Waals surface area contributed by atoms with Crippen molar-refractivity contribution in [2.24, 2.45) is 23.7 Å². The molecule has 522 valence electrons. The van der Waals surface area contributed by atoms with Gasteiger partial charge in [0, 0.05) is 38.7 Å². The Labute approximate surface area is 524 Å². The molecule has 0 spiro atoms. The zero-order valence-electron chi connectivity index (χ0n) is 50.7. The molecule has 14 unspecified atom stereocenters. The summed E-state index contributed by atoms with van der Waals surface area (Å²) in [5, 5.41) is 183. The quantitative estimate of drug-likeness (QED) is 0.0398. The van der Waals surface area contributed by atoms with Crippen LogP contribution >= 0.6 is 0 Å². The van der Waals surface area contributed by atoms with Gasteiger partial charge in [-0.05, 0) is 88.9 Å². The monoisotopic (exact) mass is 1310 g/mol. The average molecular weight is 1320 g/mol. The fraction of sp³-hybridized carbons (Fsp3) is 0.898. The van der Waals surface area contributed by atoms with Crippen molar-refractivity contribution in [1.29, 1.82) is 0 Å². The largest absolute Gasteiger partial charge is 0.460 e. The lowest BCUT2D eigenvalue weighted by molar-refractivity contribution is -0.352. The van der Waals surface area contributed by atoms with Crippen LogP contribution in [0.3, 0.4) is 0 Å². The van der Waals surface area contributed by atoms with Gasteiger partial charge in [-0.3, -0.25) is 0 Å². The second-order valence-corrected chi connectivity index (χ2v) is 25.8. The molecule has 4 aliphatic carbocycles. The Bertz CT molecular complexity index is 2340. The second-order valence-electron chi connectivity index (χ2n) is 25.8. The number of esters is 2. The number of methoxy groups -OCH3 is 2. The molecule has 5 saturated heterocycles. The van der Waals surface area contributed by atoms with Crippen molar-refractivity contribution < 1.29 is 158 Å². The first kappa shape index (κ1) is 72.6. The van der Waals surface area contributed by atoms with E-state index in [1.165, 1.54) is 27.2 Å². The molecule has 0 radical (unpaired) electrons. The smallest absolute Gasteiger partial charge is 0.330 e. The topological polar surface area (TPSA) is 498 Å². The minimum atomic E-state index is -1.92. The van der Waals surface area contributed by atoms with Gasteiger partial charge in [0.2, 0.25) is 0 Å². The summed E-state index contributed by atoms with van der Waals surface area (Å²) >= 11 is 0. The number of ether oxygens (including phenoxy) is 13. The molecular formula is C59H94O32. The number of carbonyl (C=O) groups excluding carboxylic acids is 2. The summed E-state index contributed by atoms with van der Waals surface area (Å²) in [7, 11) is 2.86. The highest BCUT2D eigenvalue weighted by atomic mass is 16.8. The molecule has 32 heteroatoms. The molecular weight excluding hydrogens is 1220 g/mol. The van der Waals surface area contributed by atoms with Crippen molar-refractivity contribution in [2.45, 2.75) is 274 Å². The predicted octanol–water partition coefficient (Wildman–Crippen LogP) is -6.98. The molecule has 9 aliphatic rings. The number of aliphatic hydroxyl groups excluding tert-OH is 17. The third-order valence-electron chi connectivity index (χ3n) is 19.7. The first-order valence-electron chi connectivity index (χ1n) is 31.4. The van der Waals surface area contributed by atoms with Crippen LogP contribution in [-0.4, -0.2) is 329 Å². The number of fused-ring (bicyclic) bond motifs is 1. The molecule has 91 heavy (non-hydrogen) atoms. The molecule has 0 aromatic carbocycles. The van der Waals surface area contributed by atoms with Gasteiger partial charge in [-0.15, -0.1) is 0 Å². The molecule has 0 bridgehead atoms. The van der Waals surface area contributed by atoms with Gasteiger partial charge in [-0.1, -0.05) is 12.2 Å². The Morgan fingerprint density at radius 2 is 0.967 bits per heavy atom. The van der Waals surface area contributed by atoms with Crippen LogP contribution in [0.15, 0.2) is 24.3 Å². The normalized spacial score (nSPS) is 50.1. The van der Waals surface area contributed by atoms with Gasteiger partial charge in [-0.2, -0.15) is 0 Å². The molecule has 4 saturated carbocycles. The van der Waals surface area contributed by atoms with Crippen LogP contribution < -0.4 is 0 Å². The van der Waals surface area contributed by atoms with E-state index in [0.29, 0.717) is 19.3 Å². The Morgan fingerprint density at radius 1 is 0.451 bits per heavy atom. The summed E-state index contributed by atoms with van der Waals surface area (Å²) in [5.41, 5.74) is 0. The van der Waals surface area contributed by atoms with Gasteiger partial charge in [-0.25, -0.2) is 9.59 Å². The first-order chi connectivity index (χ1) is 43.3. The van der Waals surface area contributed by atoms with Crippen molar-refractivity contribution >= 4 is 11.9 Å². The molecule has 9 rings (SSSR count). The summed E-state index contributed by atoms with van der Waals surface area (Å²) in [6, 6.07) is 0. The lowest BCUT2D eigenvalue weighted by Gasteiger charge is -2.53. The summed E-state index contributed by atoms with van der Waals surface area (Å²) in [6.07, 6.45) is -36.4. The standard InChI is InChI=1S/C59H94O32/c1-22-54(91-41(66)11-7-24-5-9-31(30(64)13-24)85-57-51(76)47(72)44(69)38(89-57)20-81-40(65)10-6-23-4-8-28(62)29(63)12-23)49(74)53(78)56(83-22)82-21-39-45(70)48(73)52(77)59(90-39)87-36-18-27-32(84-55(36)25-14-34(79-2)42(67)35(15-25)80-3)16-26(61)17-33(27)86-58-50(75)46(71)43(68)37(19-60)88-58/h6-7,10-11,22-39,42-64,67-78H,4-5,8-9,12-21H2,1-3H3/t22-,23?,24?,25?,26?,27?,28?,29?,30?,31?,32?,33?,34?,35?,36?,37+,38+,39+,42?,43+,44+,45+,46-,47-,48-,49-,50+,51+,52+,53+,54-,55?,56+,57+,58+,59+/m0/s1. The highest BCUT2D eigenvalue weighted by molar-refractivity contribution is 5.82. The third kappa shape index (κ3) is 17.0. The van der Waals surface area contributed by atoms with Crippen molar-refractivity contribution in [3.63, 3.8) is 0 Å². The summed E-state index contributed by atoms with van der Waals surface area (Å²) in [4.78, 5) is 25.7. The maximum atomic E-state index is 13.2. The Hall–Kier alpha value is -2.70. The van der Waals surface area contributed by atoms with Crippen LogP contribution in [0.5, 0.6) is 0 Å². The van der Waals surface area contributed by atoms with E-state index in [-0.39, 0.29) is 57.3 Å². The minimum absolute atomic E-state index is 0.0182. The molecule has 32 nitrogen and oxygen atoms in total. The molecule has 17 N–H and O–H groups in total. The van der Waals surface area contributed by atoms with Gasteiger partial charge in [0.15, 0.2) is 31.3 Å². The van der Waals surface area contributed by atoms with Crippen LogP contribution in [-0.2, 0) is 71.2 Å².